The molecule has 0 aliphatic heterocycles. The lowest BCUT2D eigenvalue weighted by atomic mass is 9.97. The standard InChI is InChI=1S/C13H21NS/c1-13(2,3)10-14-9-11-5-7-12(15-4)8-6-11/h5-8,14H,9-10H2,1-4H3. The average Bonchev–Trinajstić information content (AvgIpc) is 2.17. The molecule has 1 nitrogen and oxygen atoms in total. The zero-order valence-corrected chi connectivity index (χ0v) is 10.9. The molecule has 0 bridgehead atoms. The lowest BCUT2D eigenvalue weighted by molar-refractivity contribution is 0.379. The lowest BCUT2D eigenvalue weighted by Gasteiger charge is -2.18. The summed E-state index contributed by atoms with van der Waals surface area (Å²) in [4.78, 5) is 1.33. The first-order chi connectivity index (χ1) is 7.01. The minimum absolute atomic E-state index is 0.360. The molecule has 15 heavy (non-hydrogen) atoms. The molecule has 0 saturated carbocycles. The van der Waals surface area contributed by atoms with Crippen LogP contribution in [0.5, 0.6) is 0 Å². The second-order valence-corrected chi connectivity index (χ2v) is 5.89. The fourth-order valence-electron chi connectivity index (χ4n) is 1.33. The van der Waals surface area contributed by atoms with Crippen LogP contribution in [0.2, 0.25) is 0 Å². The molecule has 1 aromatic carbocycles. The van der Waals surface area contributed by atoms with Gasteiger partial charge in [0.15, 0.2) is 0 Å². The third-order valence-electron chi connectivity index (χ3n) is 2.14. The summed E-state index contributed by atoms with van der Waals surface area (Å²) < 4.78 is 0. The third kappa shape index (κ3) is 5.24. The second kappa shape index (κ2) is 5.57. The Morgan fingerprint density at radius 3 is 2.20 bits per heavy atom. The first-order valence-corrected chi connectivity index (χ1v) is 6.57. The van der Waals surface area contributed by atoms with Crippen molar-refractivity contribution < 1.29 is 0 Å². The van der Waals surface area contributed by atoms with Gasteiger partial charge in [0.05, 0.1) is 0 Å². The van der Waals surface area contributed by atoms with Crippen molar-refractivity contribution in [3.05, 3.63) is 29.8 Å². The molecule has 0 saturated heterocycles. The molecule has 0 radical (unpaired) electrons. The van der Waals surface area contributed by atoms with E-state index >= 15 is 0 Å². The molecule has 0 atom stereocenters. The Morgan fingerprint density at radius 1 is 1.13 bits per heavy atom. The van der Waals surface area contributed by atoms with Gasteiger partial charge >= 0.3 is 0 Å². The van der Waals surface area contributed by atoms with E-state index in [9.17, 15) is 0 Å². The number of hydrogen-bond donors (Lipinski definition) is 1. The van der Waals surface area contributed by atoms with Gasteiger partial charge in [-0.15, -0.1) is 11.8 Å². The minimum atomic E-state index is 0.360. The van der Waals surface area contributed by atoms with Crippen molar-refractivity contribution in [2.75, 3.05) is 12.8 Å². The van der Waals surface area contributed by atoms with Crippen LogP contribution in [0, 0.1) is 5.41 Å². The van der Waals surface area contributed by atoms with Crippen LogP contribution in [0.3, 0.4) is 0 Å². The Labute approximate surface area is 97.7 Å². The fraction of sp³-hybridized carbons (Fsp3) is 0.538. The van der Waals surface area contributed by atoms with Crippen LogP contribution in [-0.4, -0.2) is 12.8 Å². The van der Waals surface area contributed by atoms with Crippen LogP contribution >= 0.6 is 11.8 Å². The maximum Gasteiger partial charge on any atom is 0.0205 e. The van der Waals surface area contributed by atoms with Gasteiger partial charge in [-0.2, -0.15) is 0 Å². The normalized spacial score (nSPS) is 11.7. The molecule has 0 aromatic heterocycles. The number of rotatable bonds is 4. The molecule has 0 fully saturated rings. The number of benzene rings is 1. The number of nitrogens with one attached hydrogen (secondary N) is 1. The largest absolute Gasteiger partial charge is 0.312 e. The molecule has 0 heterocycles. The Balaban J connectivity index is 2.38. The molecule has 0 spiro atoms. The lowest BCUT2D eigenvalue weighted by Crippen LogP contribution is -2.26. The van der Waals surface area contributed by atoms with Crippen LogP contribution in [0.25, 0.3) is 0 Å². The van der Waals surface area contributed by atoms with Crippen LogP contribution in [0.1, 0.15) is 26.3 Å². The summed E-state index contributed by atoms with van der Waals surface area (Å²) in [5, 5.41) is 3.47. The van der Waals surface area contributed by atoms with E-state index in [1.54, 1.807) is 11.8 Å². The van der Waals surface area contributed by atoms with Gasteiger partial charge < -0.3 is 5.32 Å². The molecule has 1 aromatic rings. The molecule has 84 valence electrons. The van der Waals surface area contributed by atoms with Crippen LogP contribution in [0.4, 0.5) is 0 Å². The monoisotopic (exact) mass is 223 g/mol. The summed E-state index contributed by atoms with van der Waals surface area (Å²) >= 11 is 1.79. The second-order valence-electron chi connectivity index (χ2n) is 5.01. The van der Waals surface area contributed by atoms with Gasteiger partial charge in [-0.25, -0.2) is 0 Å². The van der Waals surface area contributed by atoms with Gasteiger partial charge in [0, 0.05) is 18.0 Å². The number of hydrogen-bond acceptors (Lipinski definition) is 2. The summed E-state index contributed by atoms with van der Waals surface area (Å²) in [6.45, 7) is 8.76. The zero-order valence-electron chi connectivity index (χ0n) is 10.1. The predicted molar refractivity (Wildman–Crippen MR) is 69.4 cm³/mol. The minimum Gasteiger partial charge on any atom is -0.312 e. The first-order valence-electron chi connectivity index (χ1n) is 5.35. The average molecular weight is 223 g/mol. The maximum absolute atomic E-state index is 3.47. The molecule has 0 unspecified atom stereocenters. The molecule has 0 aliphatic rings. The van der Waals surface area contributed by atoms with Crippen molar-refractivity contribution in [3.63, 3.8) is 0 Å². The Hall–Kier alpha value is -0.470. The summed E-state index contributed by atoms with van der Waals surface area (Å²) in [5.41, 5.74) is 1.72. The van der Waals surface area contributed by atoms with E-state index in [2.05, 4.69) is 56.6 Å². The SMILES string of the molecule is CSc1ccc(CNCC(C)(C)C)cc1. The Bertz CT molecular complexity index is 284. The Kier molecular flexibility index (Phi) is 4.68. The van der Waals surface area contributed by atoms with Crippen LogP contribution < -0.4 is 5.32 Å². The van der Waals surface area contributed by atoms with E-state index in [-0.39, 0.29) is 0 Å². The fourth-order valence-corrected chi connectivity index (χ4v) is 1.73. The summed E-state index contributed by atoms with van der Waals surface area (Å²) in [6.07, 6.45) is 2.10. The number of thioether (sulfide) groups is 1. The van der Waals surface area contributed by atoms with Crippen molar-refractivity contribution in [1.82, 2.24) is 5.32 Å². The molecule has 0 amide bonds. The van der Waals surface area contributed by atoms with Gasteiger partial charge in [-0.1, -0.05) is 32.9 Å². The van der Waals surface area contributed by atoms with E-state index < -0.39 is 0 Å². The predicted octanol–water partition coefficient (Wildman–Crippen LogP) is 3.54. The van der Waals surface area contributed by atoms with Crippen LogP contribution in [0.15, 0.2) is 29.2 Å². The van der Waals surface area contributed by atoms with E-state index in [1.165, 1.54) is 10.5 Å². The molecule has 2 heteroatoms. The van der Waals surface area contributed by atoms with Crippen molar-refractivity contribution in [2.45, 2.75) is 32.2 Å². The van der Waals surface area contributed by atoms with Gasteiger partial charge in [0.25, 0.3) is 0 Å². The third-order valence-corrected chi connectivity index (χ3v) is 2.89. The quantitative estimate of drug-likeness (QED) is 0.784. The van der Waals surface area contributed by atoms with Crippen molar-refractivity contribution in [1.29, 1.82) is 0 Å². The van der Waals surface area contributed by atoms with Crippen molar-refractivity contribution in [2.24, 2.45) is 5.41 Å². The molecule has 1 N–H and O–H groups in total. The zero-order chi connectivity index (χ0) is 11.3. The highest BCUT2D eigenvalue weighted by Gasteiger charge is 2.08. The van der Waals surface area contributed by atoms with E-state index in [0.29, 0.717) is 5.41 Å². The van der Waals surface area contributed by atoms with Crippen LogP contribution in [-0.2, 0) is 6.54 Å². The first kappa shape index (κ1) is 12.6. The molecule has 0 aliphatic carbocycles. The highest BCUT2D eigenvalue weighted by Crippen LogP contribution is 2.15. The van der Waals surface area contributed by atoms with Crippen molar-refractivity contribution in [3.8, 4) is 0 Å². The molecular weight excluding hydrogens is 202 g/mol. The van der Waals surface area contributed by atoms with Gasteiger partial charge in [0.2, 0.25) is 0 Å². The van der Waals surface area contributed by atoms with E-state index in [1.807, 2.05) is 0 Å². The summed E-state index contributed by atoms with van der Waals surface area (Å²) in [6, 6.07) is 8.75. The van der Waals surface area contributed by atoms with Gasteiger partial charge in [-0.05, 0) is 29.4 Å². The summed E-state index contributed by atoms with van der Waals surface area (Å²) in [5.74, 6) is 0. The topological polar surface area (TPSA) is 12.0 Å². The molecule has 1 rings (SSSR count). The highest BCUT2D eigenvalue weighted by molar-refractivity contribution is 7.98. The van der Waals surface area contributed by atoms with Gasteiger partial charge in [0.1, 0.15) is 0 Å². The smallest absolute Gasteiger partial charge is 0.0205 e. The molecular formula is C13H21NS. The van der Waals surface area contributed by atoms with Gasteiger partial charge in [-0.3, -0.25) is 0 Å². The Morgan fingerprint density at radius 2 is 1.73 bits per heavy atom. The highest BCUT2D eigenvalue weighted by atomic mass is 32.2. The maximum atomic E-state index is 3.47. The van der Waals surface area contributed by atoms with Crippen molar-refractivity contribution >= 4 is 11.8 Å². The summed E-state index contributed by atoms with van der Waals surface area (Å²) in [7, 11) is 0. The van der Waals surface area contributed by atoms with E-state index in [4.69, 9.17) is 0 Å². The van der Waals surface area contributed by atoms with E-state index in [0.717, 1.165) is 13.1 Å².